The molecule has 104 valence electrons. The minimum atomic E-state index is -0.0815. The van der Waals surface area contributed by atoms with Gasteiger partial charge in [0.25, 0.3) is 0 Å². The molecule has 0 saturated carbocycles. The molecule has 0 aliphatic carbocycles. The molecule has 1 unspecified atom stereocenters. The number of nitrogens with zero attached hydrogens (tertiary/aromatic N) is 2. The number of rotatable bonds is 4. The van der Waals surface area contributed by atoms with Gasteiger partial charge in [-0.2, -0.15) is 0 Å². The zero-order chi connectivity index (χ0) is 13.1. The molecule has 18 heavy (non-hydrogen) atoms. The molecule has 0 aliphatic rings. The zero-order valence-electron chi connectivity index (χ0n) is 11.4. The van der Waals surface area contributed by atoms with Crippen LogP contribution in [0.4, 0.5) is 5.13 Å². The number of aromatic nitrogens is 2. The Balaban J connectivity index is 0.00000289. The third-order valence-electron chi connectivity index (χ3n) is 2.25. The van der Waals surface area contributed by atoms with Crippen molar-refractivity contribution in [2.75, 3.05) is 18.9 Å². The van der Waals surface area contributed by atoms with Gasteiger partial charge in [0, 0.05) is 17.9 Å². The molecule has 5 nitrogen and oxygen atoms in total. The lowest BCUT2D eigenvalue weighted by Gasteiger charge is -2.12. The van der Waals surface area contributed by atoms with E-state index in [0.717, 1.165) is 5.01 Å². The first-order chi connectivity index (χ1) is 7.84. The second-order valence-corrected chi connectivity index (χ2v) is 6.09. The smallest absolute Gasteiger partial charge is 0.230 e. The van der Waals surface area contributed by atoms with E-state index in [1.54, 1.807) is 0 Å². The topological polar surface area (TPSA) is 66.9 Å². The molecule has 0 spiro atoms. The van der Waals surface area contributed by atoms with Crippen LogP contribution in [0.2, 0.25) is 0 Å². The van der Waals surface area contributed by atoms with E-state index in [1.165, 1.54) is 11.3 Å². The molecule has 1 rings (SSSR count). The molecular weight excluding hydrogens is 272 g/mol. The number of carbonyl (C=O) groups excluding carboxylic acids is 1. The van der Waals surface area contributed by atoms with Crippen molar-refractivity contribution in [3.63, 3.8) is 0 Å². The van der Waals surface area contributed by atoms with Crippen LogP contribution in [0.5, 0.6) is 0 Å². The van der Waals surface area contributed by atoms with Crippen LogP contribution in [0.1, 0.15) is 32.7 Å². The Labute approximate surface area is 118 Å². The first-order valence-electron chi connectivity index (χ1n) is 5.64. The predicted molar refractivity (Wildman–Crippen MR) is 77.6 cm³/mol. The Hall–Kier alpha value is -0.720. The van der Waals surface area contributed by atoms with Gasteiger partial charge >= 0.3 is 0 Å². The largest absolute Gasteiger partial charge is 0.319 e. The van der Waals surface area contributed by atoms with Gasteiger partial charge in [-0.1, -0.05) is 39.0 Å². The fourth-order valence-corrected chi connectivity index (χ4v) is 2.01. The van der Waals surface area contributed by atoms with E-state index in [9.17, 15) is 4.79 Å². The van der Waals surface area contributed by atoms with Gasteiger partial charge < -0.3 is 10.6 Å². The second kappa shape index (κ2) is 7.01. The SMILES string of the molecule is CNCC(C)C(=O)Nc1nnc(C(C)(C)C)s1.Cl. The van der Waals surface area contributed by atoms with Gasteiger partial charge in [-0.3, -0.25) is 4.79 Å². The van der Waals surface area contributed by atoms with Gasteiger partial charge in [0.05, 0.1) is 0 Å². The fraction of sp³-hybridized carbons (Fsp3) is 0.727. The van der Waals surface area contributed by atoms with Gasteiger partial charge in [-0.25, -0.2) is 0 Å². The Morgan fingerprint density at radius 3 is 2.44 bits per heavy atom. The number of carbonyl (C=O) groups is 1. The van der Waals surface area contributed by atoms with Crippen LogP contribution in [0, 0.1) is 5.92 Å². The third kappa shape index (κ3) is 4.88. The van der Waals surface area contributed by atoms with Gasteiger partial charge in [-0.05, 0) is 7.05 Å². The molecule has 0 aromatic carbocycles. The van der Waals surface area contributed by atoms with Crippen molar-refractivity contribution in [3.8, 4) is 0 Å². The van der Waals surface area contributed by atoms with E-state index in [4.69, 9.17) is 0 Å². The third-order valence-corrected chi connectivity index (χ3v) is 3.52. The van der Waals surface area contributed by atoms with E-state index in [-0.39, 0.29) is 29.6 Å². The fourth-order valence-electron chi connectivity index (χ4n) is 1.20. The summed E-state index contributed by atoms with van der Waals surface area (Å²) in [6.45, 7) is 8.74. The zero-order valence-corrected chi connectivity index (χ0v) is 13.0. The van der Waals surface area contributed by atoms with Crippen LogP contribution < -0.4 is 10.6 Å². The van der Waals surface area contributed by atoms with Gasteiger partial charge in [-0.15, -0.1) is 22.6 Å². The molecule has 1 amide bonds. The molecule has 0 bridgehead atoms. The van der Waals surface area contributed by atoms with Crippen molar-refractivity contribution in [2.24, 2.45) is 5.92 Å². The molecule has 0 fully saturated rings. The highest BCUT2D eigenvalue weighted by Gasteiger charge is 2.21. The molecule has 1 heterocycles. The summed E-state index contributed by atoms with van der Waals surface area (Å²) in [5, 5.41) is 15.3. The first-order valence-corrected chi connectivity index (χ1v) is 6.45. The molecule has 1 atom stereocenters. The average molecular weight is 293 g/mol. The summed E-state index contributed by atoms with van der Waals surface area (Å²) in [7, 11) is 1.83. The molecule has 2 N–H and O–H groups in total. The van der Waals surface area contributed by atoms with Crippen LogP contribution in [-0.4, -0.2) is 29.7 Å². The first kappa shape index (κ1) is 17.3. The summed E-state index contributed by atoms with van der Waals surface area (Å²) in [5.74, 6) is -0.113. The Morgan fingerprint density at radius 2 is 2.00 bits per heavy atom. The van der Waals surface area contributed by atoms with Crippen LogP contribution in [0.25, 0.3) is 0 Å². The Bertz CT molecular complexity index is 389. The number of hydrogen-bond acceptors (Lipinski definition) is 5. The quantitative estimate of drug-likeness (QED) is 0.891. The lowest BCUT2D eigenvalue weighted by molar-refractivity contribution is -0.119. The van der Waals surface area contributed by atoms with Crippen molar-refractivity contribution in [1.82, 2.24) is 15.5 Å². The minimum Gasteiger partial charge on any atom is -0.319 e. The predicted octanol–water partition coefficient (Wildman–Crippen LogP) is 2.05. The van der Waals surface area contributed by atoms with E-state index in [1.807, 2.05) is 14.0 Å². The van der Waals surface area contributed by atoms with E-state index in [0.29, 0.717) is 11.7 Å². The lowest BCUT2D eigenvalue weighted by Crippen LogP contribution is -2.28. The lowest BCUT2D eigenvalue weighted by atomic mass is 9.98. The van der Waals surface area contributed by atoms with Crippen LogP contribution in [-0.2, 0) is 10.2 Å². The molecule has 1 aromatic rings. The number of amides is 1. The van der Waals surface area contributed by atoms with Crippen molar-refractivity contribution in [3.05, 3.63) is 5.01 Å². The molecule has 7 heteroatoms. The molecule has 0 saturated heterocycles. The minimum absolute atomic E-state index is 0. The monoisotopic (exact) mass is 292 g/mol. The highest BCUT2D eigenvalue weighted by molar-refractivity contribution is 7.15. The summed E-state index contributed by atoms with van der Waals surface area (Å²) in [6.07, 6.45) is 0. The summed E-state index contributed by atoms with van der Waals surface area (Å²) in [6, 6.07) is 0. The molecule has 0 aliphatic heterocycles. The summed E-state index contributed by atoms with van der Waals surface area (Å²) >= 11 is 1.43. The highest BCUT2D eigenvalue weighted by atomic mass is 35.5. The molecular formula is C11H21ClN4OS. The van der Waals surface area contributed by atoms with E-state index in [2.05, 4.69) is 41.6 Å². The Kier molecular flexibility index (Phi) is 6.73. The van der Waals surface area contributed by atoms with Crippen LogP contribution in [0.3, 0.4) is 0 Å². The van der Waals surface area contributed by atoms with Gasteiger partial charge in [0.2, 0.25) is 11.0 Å². The number of halogens is 1. The van der Waals surface area contributed by atoms with Gasteiger partial charge in [0.15, 0.2) is 0 Å². The van der Waals surface area contributed by atoms with Crippen molar-refractivity contribution >= 4 is 34.8 Å². The maximum Gasteiger partial charge on any atom is 0.230 e. The maximum atomic E-state index is 11.7. The van der Waals surface area contributed by atoms with Crippen LogP contribution >= 0.6 is 23.7 Å². The van der Waals surface area contributed by atoms with E-state index >= 15 is 0 Å². The highest BCUT2D eigenvalue weighted by Crippen LogP contribution is 2.27. The second-order valence-electron chi connectivity index (χ2n) is 5.11. The normalized spacial score (nSPS) is 12.7. The summed E-state index contributed by atoms with van der Waals surface area (Å²) < 4.78 is 0. The van der Waals surface area contributed by atoms with Crippen LogP contribution in [0.15, 0.2) is 0 Å². The van der Waals surface area contributed by atoms with Crippen molar-refractivity contribution < 1.29 is 4.79 Å². The van der Waals surface area contributed by atoms with Crippen molar-refractivity contribution in [2.45, 2.75) is 33.1 Å². The average Bonchev–Trinajstić information content (AvgIpc) is 2.66. The standard InChI is InChI=1S/C11H20N4OS.ClH/c1-7(6-12-5)8(16)13-10-15-14-9(17-10)11(2,3)4;/h7,12H,6H2,1-5H3,(H,13,15,16);1H. The summed E-state index contributed by atoms with van der Waals surface area (Å²) in [4.78, 5) is 11.7. The Morgan fingerprint density at radius 1 is 1.39 bits per heavy atom. The molecule has 0 radical (unpaired) electrons. The van der Waals surface area contributed by atoms with E-state index < -0.39 is 0 Å². The van der Waals surface area contributed by atoms with Gasteiger partial charge in [0.1, 0.15) is 5.01 Å². The van der Waals surface area contributed by atoms with Crippen molar-refractivity contribution in [1.29, 1.82) is 0 Å². The number of anilines is 1. The number of hydrogen-bond donors (Lipinski definition) is 2. The maximum absolute atomic E-state index is 11.7. The summed E-state index contributed by atoms with van der Waals surface area (Å²) in [5.41, 5.74) is -0.0305. The number of nitrogens with one attached hydrogen (secondary N) is 2. The molecule has 1 aromatic heterocycles.